The smallest absolute Gasteiger partial charge is 0.303 e. The van der Waals surface area contributed by atoms with Gasteiger partial charge in [-0.15, -0.1) is 0 Å². The Kier molecular flexibility index (Phi) is 4.20. The molecule has 4 nitrogen and oxygen atoms in total. The molecule has 2 fully saturated rings. The lowest BCUT2D eigenvalue weighted by Gasteiger charge is -2.20. The van der Waals surface area contributed by atoms with E-state index < -0.39 is 5.97 Å². The van der Waals surface area contributed by atoms with E-state index in [-0.39, 0.29) is 17.7 Å². The van der Waals surface area contributed by atoms with E-state index >= 15 is 0 Å². The SMILES string of the molecule is CCN(C(=O)CSCC1(CC(=O)O)CC1)C1CC1. The number of carboxylic acid groups (broad SMARTS) is 1. The quantitative estimate of drug-likeness (QED) is 0.733. The summed E-state index contributed by atoms with van der Waals surface area (Å²) >= 11 is 1.61. The van der Waals surface area contributed by atoms with Crippen LogP contribution in [0.15, 0.2) is 0 Å². The maximum Gasteiger partial charge on any atom is 0.303 e. The molecule has 0 bridgehead atoms. The van der Waals surface area contributed by atoms with Gasteiger partial charge in [0.05, 0.1) is 12.2 Å². The van der Waals surface area contributed by atoms with E-state index in [2.05, 4.69) is 0 Å². The largest absolute Gasteiger partial charge is 0.481 e. The van der Waals surface area contributed by atoms with E-state index in [1.165, 1.54) is 0 Å². The van der Waals surface area contributed by atoms with Crippen LogP contribution in [0.2, 0.25) is 0 Å². The van der Waals surface area contributed by atoms with Gasteiger partial charge in [-0.3, -0.25) is 9.59 Å². The lowest BCUT2D eigenvalue weighted by molar-refractivity contribution is -0.138. The summed E-state index contributed by atoms with van der Waals surface area (Å²) < 4.78 is 0. The number of carbonyl (C=O) groups excluding carboxylic acids is 1. The average molecular weight is 271 g/mol. The van der Waals surface area contributed by atoms with Crippen LogP contribution in [0.5, 0.6) is 0 Å². The molecule has 18 heavy (non-hydrogen) atoms. The minimum atomic E-state index is -0.715. The molecule has 0 aromatic heterocycles. The van der Waals surface area contributed by atoms with Crippen molar-refractivity contribution in [3.05, 3.63) is 0 Å². The number of hydrogen-bond donors (Lipinski definition) is 1. The Hall–Kier alpha value is -0.710. The highest BCUT2D eigenvalue weighted by atomic mass is 32.2. The van der Waals surface area contributed by atoms with Gasteiger partial charge in [-0.05, 0) is 43.8 Å². The number of nitrogens with zero attached hydrogens (tertiary/aromatic N) is 1. The lowest BCUT2D eigenvalue weighted by atomic mass is 10.1. The molecule has 0 aromatic rings. The molecule has 102 valence electrons. The van der Waals surface area contributed by atoms with Crippen LogP contribution in [0.1, 0.15) is 39.0 Å². The van der Waals surface area contributed by atoms with Crippen molar-refractivity contribution >= 4 is 23.6 Å². The van der Waals surface area contributed by atoms with E-state index in [9.17, 15) is 9.59 Å². The number of carbonyl (C=O) groups is 2. The van der Waals surface area contributed by atoms with Crippen LogP contribution < -0.4 is 0 Å². The third kappa shape index (κ3) is 3.64. The van der Waals surface area contributed by atoms with E-state index in [0.29, 0.717) is 11.8 Å². The Balaban J connectivity index is 1.68. The number of carboxylic acids is 1. The van der Waals surface area contributed by atoms with E-state index in [1.54, 1.807) is 11.8 Å². The zero-order chi connectivity index (χ0) is 13.2. The Morgan fingerprint density at radius 3 is 2.50 bits per heavy atom. The highest BCUT2D eigenvalue weighted by Gasteiger charge is 2.44. The zero-order valence-corrected chi connectivity index (χ0v) is 11.7. The number of thioether (sulfide) groups is 1. The van der Waals surface area contributed by atoms with Crippen molar-refractivity contribution in [2.24, 2.45) is 5.41 Å². The van der Waals surface area contributed by atoms with Gasteiger partial charge in [0.2, 0.25) is 5.91 Å². The van der Waals surface area contributed by atoms with Gasteiger partial charge in [-0.1, -0.05) is 0 Å². The molecule has 2 aliphatic carbocycles. The molecule has 0 unspecified atom stereocenters. The molecule has 1 amide bonds. The zero-order valence-electron chi connectivity index (χ0n) is 10.9. The first-order valence-electron chi connectivity index (χ1n) is 6.65. The molecule has 0 saturated heterocycles. The Morgan fingerprint density at radius 1 is 1.39 bits per heavy atom. The van der Waals surface area contributed by atoms with Crippen LogP contribution in [0.4, 0.5) is 0 Å². The summed E-state index contributed by atoms with van der Waals surface area (Å²) in [6.07, 6.45) is 4.55. The van der Waals surface area contributed by atoms with Gasteiger partial charge in [0.25, 0.3) is 0 Å². The molecular weight excluding hydrogens is 250 g/mol. The molecule has 0 radical (unpaired) electrons. The van der Waals surface area contributed by atoms with Crippen molar-refractivity contribution in [3.8, 4) is 0 Å². The molecule has 1 N–H and O–H groups in total. The molecule has 0 spiro atoms. The van der Waals surface area contributed by atoms with Crippen molar-refractivity contribution in [3.63, 3.8) is 0 Å². The number of rotatable bonds is 8. The van der Waals surface area contributed by atoms with Gasteiger partial charge < -0.3 is 10.0 Å². The van der Waals surface area contributed by atoms with Gasteiger partial charge in [0.1, 0.15) is 0 Å². The Bertz CT molecular complexity index is 337. The van der Waals surface area contributed by atoms with Gasteiger partial charge in [0, 0.05) is 12.6 Å². The van der Waals surface area contributed by atoms with Gasteiger partial charge in [-0.25, -0.2) is 0 Å². The highest BCUT2D eigenvalue weighted by molar-refractivity contribution is 7.99. The van der Waals surface area contributed by atoms with Crippen LogP contribution >= 0.6 is 11.8 Å². The lowest BCUT2D eigenvalue weighted by Crippen LogP contribution is -2.34. The highest BCUT2D eigenvalue weighted by Crippen LogP contribution is 2.51. The number of hydrogen-bond acceptors (Lipinski definition) is 3. The molecule has 2 aliphatic rings. The minimum Gasteiger partial charge on any atom is -0.481 e. The van der Waals surface area contributed by atoms with Gasteiger partial charge in [0.15, 0.2) is 0 Å². The fourth-order valence-corrected chi connectivity index (χ4v) is 3.60. The summed E-state index contributed by atoms with van der Waals surface area (Å²) in [5.74, 6) is 0.822. The Labute approximate surface area is 112 Å². The summed E-state index contributed by atoms with van der Waals surface area (Å²) in [6.45, 7) is 2.82. The summed E-state index contributed by atoms with van der Waals surface area (Å²) in [4.78, 5) is 24.7. The Morgan fingerprint density at radius 2 is 2.06 bits per heavy atom. The first-order valence-corrected chi connectivity index (χ1v) is 7.81. The normalized spacial score (nSPS) is 20.5. The molecule has 2 saturated carbocycles. The molecule has 0 heterocycles. The first-order chi connectivity index (χ1) is 8.56. The maximum absolute atomic E-state index is 12.0. The topological polar surface area (TPSA) is 57.6 Å². The van der Waals surface area contributed by atoms with Gasteiger partial charge in [-0.2, -0.15) is 11.8 Å². The van der Waals surface area contributed by atoms with E-state index in [0.717, 1.165) is 38.0 Å². The molecule has 0 aliphatic heterocycles. The van der Waals surface area contributed by atoms with Crippen molar-refractivity contribution in [2.75, 3.05) is 18.1 Å². The fraction of sp³-hybridized carbons (Fsp3) is 0.846. The van der Waals surface area contributed by atoms with Crippen molar-refractivity contribution < 1.29 is 14.7 Å². The molecular formula is C13H21NO3S. The van der Waals surface area contributed by atoms with Crippen molar-refractivity contribution in [2.45, 2.75) is 45.1 Å². The second kappa shape index (κ2) is 5.51. The summed E-state index contributed by atoms with van der Waals surface area (Å²) in [5, 5.41) is 8.82. The maximum atomic E-state index is 12.0. The number of aliphatic carboxylic acids is 1. The van der Waals surface area contributed by atoms with Crippen LogP contribution in [-0.4, -0.2) is 46.0 Å². The van der Waals surface area contributed by atoms with Crippen LogP contribution in [0.3, 0.4) is 0 Å². The summed E-state index contributed by atoms with van der Waals surface area (Å²) in [7, 11) is 0. The fourth-order valence-electron chi connectivity index (χ4n) is 2.33. The van der Waals surface area contributed by atoms with Gasteiger partial charge >= 0.3 is 5.97 Å². The standard InChI is InChI=1S/C13H21NO3S/c1-2-14(10-3-4-10)11(15)8-18-9-13(5-6-13)7-12(16)17/h10H,2-9H2,1H3,(H,16,17). The second-order valence-corrected chi connectivity index (χ2v) is 6.46. The first kappa shape index (κ1) is 13.7. The summed E-state index contributed by atoms with van der Waals surface area (Å²) in [6, 6.07) is 0.483. The van der Waals surface area contributed by atoms with Crippen LogP contribution in [0, 0.1) is 5.41 Å². The molecule has 5 heteroatoms. The molecule has 0 aromatic carbocycles. The predicted octanol–water partition coefficient (Wildman–Crippen LogP) is 1.99. The number of amides is 1. The molecule has 2 rings (SSSR count). The van der Waals surface area contributed by atoms with Crippen LogP contribution in [0.25, 0.3) is 0 Å². The van der Waals surface area contributed by atoms with Crippen LogP contribution in [-0.2, 0) is 9.59 Å². The van der Waals surface area contributed by atoms with Crippen molar-refractivity contribution in [1.29, 1.82) is 0 Å². The van der Waals surface area contributed by atoms with E-state index in [1.807, 2.05) is 11.8 Å². The second-order valence-electron chi connectivity index (χ2n) is 5.47. The van der Waals surface area contributed by atoms with Crippen molar-refractivity contribution in [1.82, 2.24) is 4.90 Å². The summed E-state index contributed by atoms with van der Waals surface area (Å²) in [5.41, 5.74) is -0.00654. The third-order valence-electron chi connectivity index (χ3n) is 3.77. The average Bonchev–Trinajstić information content (AvgIpc) is 3.16. The third-order valence-corrected chi connectivity index (χ3v) is 5.03. The monoisotopic (exact) mass is 271 g/mol. The minimum absolute atomic E-state index is 0.00654. The van der Waals surface area contributed by atoms with E-state index in [4.69, 9.17) is 5.11 Å². The predicted molar refractivity (Wildman–Crippen MR) is 71.7 cm³/mol. The molecule has 0 atom stereocenters.